The van der Waals surface area contributed by atoms with Gasteiger partial charge in [0.15, 0.2) is 0 Å². The van der Waals surface area contributed by atoms with Crippen LogP contribution in [0.1, 0.15) is 68.2 Å². The Morgan fingerprint density at radius 1 is 0.622 bits per heavy atom. The van der Waals surface area contributed by atoms with Gasteiger partial charge in [-0.2, -0.15) is 17.9 Å². The van der Waals surface area contributed by atoms with Gasteiger partial charge < -0.3 is 20.1 Å². The molecule has 6 atom stereocenters. The summed E-state index contributed by atoms with van der Waals surface area (Å²) in [5.74, 6) is -4.17. The molecule has 12 nitrogen and oxygen atoms in total. The lowest BCUT2D eigenvalue weighted by Crippen LogP contribution is -2.60. The fourth-order valence-electron chi connectivity index (χ4n) is 3.43. The number of esters is 2. The minimum atomic E-state index is -4.40. The molecule has 0 bridgehead atoms. The van der Waals surface area contributed by atoms with E-state index >= 15 is 0 Å². The number of hydrogen-bond donors (Lipinski definition) is 4. The van der Waals surface area contributed by atoms with Gasteiger partial charge in [0.1, 0.15) is 24.2 Å². The molecule has 0 fully saturated rings. The minimum Gasteiger partial charge on any atom is -0.467 e. The van der Waals surface area contributed by atoms with Gasteiger partial charge in [0.2, 0.25) is 11.8 Å². The number of amides is 2. The summed E-state index contributed by atoms with van der Waals surface area (Å²) in [6.45, 7) is 13.9. The summed E-state index contributed by atoms with van der Waals surface area (Å²) in [4.78, 5) is 50.4. The Bertz CT molecular complexity index is 814. The van der Waals surface area contributed by atoms with Gasteiger partial charge in [-0.15, -0.1) is 0 Å². The summed E-state index contributed by atoms with van der Waals surface area (Å²) in [7, 11) is -2.00. The zero-order valence-corrected chi connectivity index (χ0v) is 24.5. The van der Waals surface area contributed by atoms with E-state index in [4.69, 9.17) is 9.47 Å². The summed E-state index contributed by atoms with van der Waals surface area (Å²) in [5.41, 5.74) is 0. The van der Waals surface area contributed by atoms with Gasteiger partial charge in [0.05, 0.1) is 14.2 Å². The molecule has 0 saturated carbocycles. The molecule has 0 aliphatic carbocycles. The highest BCUT2D eigenvalue weighted by molar-refractivity contribution is 7.87. The van der Waals surface area contributed by atoms with Gasteiger partial charge in [-0.3, -0.25) is 9.59 Å². The van der Waals surface area contributed by atoms with Crippen LogP contribution in [0.3, 0.4) is 0 Å². The van der Waals surface area contributed by atoms with Gasteiger partial charge in [0.25, 0.3) is 10.2 Å². The van der Waals surface area contributed by atoms with Crippen LogP contribution >= 0.6 is 0 Å². The number of hydrogen-bond acceptors (Lipinski definition) is 8. The van der Waals surface area contributed by atoms with Gasteiger partial charge >= 0.3 is 11.9 Å². The third kappa shape index (κ3) is 10.9. The van der Waals surface area contributed by atoms with Crippen molar-refractivity contribution in [2.24, 2.45) is 23.7 Å². The monoisotopic (exact) mass is 550 g/mol. The molecule has 0 aromatic heterocycles. The third-order valence-corrected chi connectivity index (χ3v) is 7.52. The summed E-state index contributed by atoms with van der Waals surface area (Å²) in [5, 5.41) is 5.15. The molecule has 0 aromatic rings. The van der Waals surface area contributed by atoms with E-state index in [-0.39, 0.29) is 11.8 Å². The highest BCUT2D eigenvalue weighted by atomic mass is 32.2. The van der Waals surface area contributed by atoms with E-state index in [9.17, 15) is 27.6 Å². The van der Waals surface area contributed by atoms with Crippen molar-refractivity contribution in [2.75, 3.05) is 14.2 Å². The summed E-state index contributed by atoms with van der Waals surface area (Å²) in [6, 6.07) is -4.39. The van der Waals surface area contributed by atoms with E-state index in [2.05, 4.69) is 20.1 Å². The Hall–Kier alpha value is -2.25. The maximum atomic E-state index is 13.2. The van der Waals surface area contributed by atoms with E-state index in [0.717, 1.165) is 0 Å². The van der Waals surface area contributed by atoms with Crippen molar-refractivity contribution >= 4 is 34.0 Å². The van der Waals surface area contributed by atoms with Crippen molar-refractivity contribution in [3.05, 3.63) is 0 Å². The van der Waals surface area contributed by atoms with Crippen molar-refractivity contribution in [1.82, 2.24) is 20.1 Å². The number of methoxy groups -OCH3 is 2. The normalized spacial score (nSPS) is 16.8. The van der Waals surface area contributed by atoms with Gasteiger partial charge in [0, 0.05) is 0 Å². The predicted octanol–water partition coefficient (Wildman–Crippen LogP) is 0.867. The molecule has 0 spiro atoms. The van der Waals surface area contributed by atoms with Gasteiger partial charge in [-0.25, -0.2) is 9.59 Å². The molecule has 0 aliphatic rings. The topological polar surface area (TPSA) is 169 Å². The van der Waals surface area contributed by atoms with E-state index in [0.29, 0.717) is 12.8 Å². The van der Waals surface area contributed by atoms with Crippen LogP contribution < -0.4 is 20.1 Å². The van der Waals surface area contributed by atoms with Gasteiger partial charge in [-0.1, -0.05) is 68.2 Å². The maximum absolute atomic E-state index is 13.2. The summed E-state index contributed by atoms with van der Waals surface area (Å²) < 4.78 is 40.5. The van der Waals surface area contributed by atoms with E-state index < -0.39 is 70.0 Å². The molecule has 2 amide bonds. The standard InChI is InChI=1S/C24H46N4O8S/c1-11-15(7)19(21(29)25-17(13(3)4)23(31)35-9)27-37(33,34)28-20(16(8)12-2)22(30)26-18(14(5)6)24(32)36-10/h13-20,27-28H,11-12H2,1-10H3,(H,25,29)(H,26,30)/t15-,16-,17-,18-,19-,20-/m0/s1. The maximum Gasteiger partial charge on any atom is 0.328 e. The Labute approximate surface area is 221 Å². The first-order valence-corrected chi connectivity index (χ1v) is 14.1. The molecule has 0 rings (SSSR count). The van der Waals surface area contributed by atoms with Crippen LogP contribution in [0.15, 0.2) is 0 Å². The van der Waals surface area contributed by atoms with Crippen LogP contribution in [0.25, 0.3) is 0 Å². The average Bonchev–Trinajstić information content (AvgIpc) is 2.84. The zero-order chi connectivity index (χ0) is 29.1. The second-order valence-corrected chi connectivity index (χ2v) is 11.5. The van der Waals surface area contributed by atoms with E-state index in [1.165, 1.54) is 14.2 Å². The Morgan fingerprint density at radius 2 is 0.919 bits per heavy atom. The average molecular weight is 551 g/mol. The molecule has 0 radical (unpaired) electrons. The first kappa shape index (κ1) is 34.8. The summed E-state index contributed by atoms with van der Waals surface area (Å²) >= 11 is 0. The van der Waals surface area contributed by atoms with Crippen LogP contribution in [0.4, 0.5) is 0 Å². The molecular formula is C24H46N4O8S. The molecule has 4 N–H and O–H groups in total. The second-order valence-electron chi connectivity index (χ2n) is 9.97. The number of nitrogens with one attached hydrogen (secondary N) is 4. The fourth-order valence-corrected chi connectivity index (χ4v) is 4.85. The van der Waals surface area contributed by atoms with E-state index in [1.807, 2.05) is 0 Å². The lowest BCUT2D eigenvalue weighted by molar-refractivity contribution is -0.147. The Morgan fingerprint density at radius 3 is 1.14 bits per heavy atom. The smallest absolute Gasteiger partial charge is 0.328 e. The van der Waals surface area contributed by atoms with E-state index in [1.54, 1.807) is 55.4 Å². The first-order chi connectivity index (χ1) is 17.1. The molecule has 37 heavy (non-hydrogen) atoms. The highest BCUT2D eigenvalue weighted by Crippen LogP contribution is 2.14. The Kier molecular flexibility index (Phi) is 14.9. The molecular weight excluding hydrogens is 504 g/mol. The molecule has 0 heterocycles. The lowest BCUT2D eigenvalue weighted by Gasteiger charge is -2.29. The number of ether oxygens (including phenoxy) is 2. The minimum absolute atomic E-state index is 0.300. The van der Waals surface area contributed by atoms with Crippen molar-refractivity contribution in [3.8, 4) is 0 Å². The van der Waals surface area contributed by atoms with Gasteiger partial charge in [-0.05, 0) is 23.7 Å². The Balaban J connectivity index is 5.95. The molecule has 0 saturated heterocycles. The lowest BCUT2D eigenvalue weighted by atomic mass is 9.97. The number of rotatable bonds is 16. The largest absolute Gasteiger partial charge is 0.467 e. The zero-order valence-electron chi connectivity index (χ0n) is 23.7. The quantitative estimate of drug-likeness (QED) is 0.205. The second kappa shape index (κ2) is 15.9. The summed E-state index contributed by atoms with van der Waals surface area (Å²) in [6.07, 6.45) is 0.908. The number of carbonyl (C=O) groups excluding carboxylic acids is 4. The molecule has 216 valence electrons. The van der Waals surface area contributed by atoms with Crippen LogP contribution in [0.2, 0.25) is 0 Å². The van der Waals surface area contributed by atoms with Crippen LogP contribution in [-0.2, 0) is 38.9 Å². The van der Waals surface area contributed by atoms with Crippen molar-refractivity contribution < 1.29 is 37.1 Å². The van der Waals surface area contributed by atoms with Crippen LogP contribution in [-0.4, -0.2) is 70.6 Å². The third-order valence-electron chi connectivity index (χ3n) is 6.39. The highest BCUT2D eigenvalue weighted by Gasteiger charge is 2.37. The van der Waals surface area contributed by atoms with Crippen molar-refractivity contribution in [2.45, 2.75) is 92.4 Å². The van der Waals surface area contributed by atoms with Crippen molar-refractivity contribution in [3.63, 3.8) is 0 Å². The molecule has 0 aliphatic heterocycles. The SMILES string of the molecule is CC[C@H](C)[C@H](NS(=O)(=O)N[C@H](C(=O)N[C@H](C(=O)OC)C(C)C)[C@@H](C)CC)C(=O)N[C@H](C(=O)OC)C(C)C. The molecule has 0 aromatic carbocycles. The number of carbonyl (C=O) groups is 4. The molecule has 13 heteroatoms. The fraction of sp³-hybridized carbons (Fsp3) is 0.833. The first-order valence-electron chi connectivity index (χ1n) is 12.6. The predicted molar refractivity (Wildman–Crippen MR) is 139 cm³/mol. The van der Waals surface area contributed by atoms with Crippen molar-refractivity contribution in [1.29, 1.82) is 0 Å². The van der Waals surface area contributed by atoms with Crippen LogP contribution in [0.5, 0.6) is 0 Å². The van der Waals surface area contributed by atoms with Crippen LogP contribution in [0, 0.1) is 23.7 Å². The molecule has 0 unspecified atom stereocenters.